The van der Waals surface area contributed by atoms with Gasteiger partial charge in [0.15, 0.2) is 0 Å². The van der Waals surface area contributed by atoms with Gasteiger partial charge in [-0.25, -0.2) is 4.79 Å². The van der Waals surface area contributed by atoms with Crippen molar-refractivity contribution in [3.8, 4) is 5.75 Å². The van der Waals surface area contributed by atoms with E-state index in [0.29, 0.717) is 22.5 Å². The summed E-state index contributed by atoms with van der Waals surface area (Å²) in [4.78, 5) is 30.1. The Morgan fingerprint density at radius 3 is 2.19 bits per heavy atom. The lowest BCUT2D eigenvalue weighted by atomic mass is 10.1. The number of ether oxygens (including phenoxy) is 2. The average molecular weight is 372 g/mol. The number of carbonyl (C=O) groups excluding carboxylic acids is 2. The van der Waals surface area contributed by atoms with Gasteiger partial charge in [0.1, 0.15) is 11.4 Å². The Labute approximate surface area is 160 Å². The van der Waals surface area contributed by atoms with Crippen molar-refractivity contribution in [3.63, 3.8) is 0 Å². The van der Waals surface area contributed by atoms with Gasteiger partial charge in [-0.15, -0.1) is 0 Å². The summed E-state index contributed by atoms with van der Waals surface area (Å²) in [6, 6.07) is 7.47. The highest BCUT2D eigenvalue weighted by Gasteiger charge is 2.27. The van der Waals surface area contributed by atoms with Crippen LogP contribution >= 0.6 is 0 Å². The van der Waals surface area contributed by atoms with Gasteiger partial charge in [-0.2, -0.15) is 0 Å². The molecule has 1 heterocycles. The molecule has 0 saturated carbocycles. The first-order chi connectivity index (χ1) is 12.7. The molecule has 2 rings (SSSR count). The van der Waals surface area contributed by atoms with Crippen LogP contribution in [0.2, 0.25) is 0 Å². The number of carbonyl (C=O) groups is 2. The highest BCUT2D eigenvalue weighted by atomic mass is 16.5. The maximum absolute atomic E-state index is 13.0. The summed E-state index contributed by atoms with van der Waals surface area (Å²) in [5.74, 6) is 0.174. The van der Waals surface area contributed by atoms with Gasteiger partial charge in [0.2, 0.25) is 0 Å². The quantitative estimate of drug-likeness (QED) is 0.777. The lowest BCUT2D eigenvalue weighted by molar-refractivity contribution is 0.0376. The number of methoxy groups -OCH3 is 1. The second-order valence-corrected chi connectivity index (χ2v) is 6.94. The van der Waals surface area contributed by atoms with E-state index in [9.17, 15) is 9.59 Å². The van der Waals surface area contributed by atoms with Gasteiger partial charge in [-0.3, -0.25) is 4.79 Å². The number of nitrogens with zero attached hydrogens (tertiary/aromatic N) is 1. The highest BCUT2D eigenvalue weighted by molar-refractivity contribution is 6.00. The summed E-state index contributed by atoms with van der Waals surface area (Å²) in [5, 5.41) is 0. The number of aromatic nitrogens is 1. The van der Waals surface area contributed by atoms with Crippen LogP contribution in [0, 0.1) is 13.8 Å². The second kappa shape index (κ2) is 8.29. The molecule has 2 aromatic rings. The fourth-order valence-corrected chi connectivity index (χ4v) is 3.00. The standard InChI is InChI=1S/C21H28N2O4/c1-12(2)27-21(25)18-13(3)19(22-14(18)4)20(24)23(6)15(5)16-8-10-17(26-7)11-9-16/h8-12,15,22H,1-7H3. The zero-order valence-corrected chi connectivity index (χ0v) is 17.0. The highest BCUT2D eigenvalue weighted by Crippen LogP contribution is 2.26. The van der Waals surface area contributed by atoms with E-state index in [0.717, 1.165) is 11.3 Å². The Bertz CT molecular complexity index is 821. The number of hydrogen-bond acceptors (Lipinski definition) is 4. The molecule has 1 amide bonds. The normalized spacial score (nSPS) is 12.0. The van der Waals surface area contributed by atoms with Crippen LogP contribution in [-0.4, -0.2) is 42.0 Å². The van der Waals surface area contributed by atoms with Crippen molar-refractivity contribution < 1.29 is 19.1 Å². The van der Waals surface area contributed by atoms with E-state index in [1.807, 2.05) is 31.2 Å². The summed E-state index contributed by atoms with van der Waals surface area (Å²) in [5.41, 5.74) is 3.07. The Morgan fingerprint density at radius 2 is 1.67 bits per heavy atom. The molecule has 1 atom stereocenters. The van der Waals surface area contributed by atoms with Crippen molar-refractivity contribution in [2.24, 2.45) is 0 Å². The van der Waals surface area contributed by atoms with Gasteiger partial charge in [0, 0.05) is 12.7 Å². The smallest absolute Gasteiger partial charge is 0.340 e. The summed E-state index contributed by atoms with van der Waals surface area (Å²) < 4.78 is 10.5. The van der Waals surface area contributed by atoms with Gasteiger partial charge in [0.25, 0.3) is 5.91 Å². The van der Waals surface area contributed by atoms with E-state index in [4.69, 9.17) is 9.47 Å². The summed E-state index contributed by atoms with van der Waals surface area (Å²) >= 11 is 0. The molecule has 6 nitrogen and oxygen atoms in total. The predicted molar refractivity (Wildman–Crippen MR) is 104 cm³/mol. The molecule has 1 aromatic heterocycles. The zero-order valence-electron chi connectivity index (χ0n) is 17.0. The first-order valence-corrected chi connectivity index (χ1v) is 8.98. The fraction of sp³-hybridized carbons (Fsp3) is 0.429. The number of nitrogens with one attached hydrogen (secondary N) is 1. The van der Waals surface area contributed by atoms with Crippen LogP contribution in [0.3, 0.4) is 0 Å². The largest absolute Gasteiger partial charge is 0.497 e. The molecular weight excluding hydrogens is 344 g/mol. The molecule has 0 spiro atoms. The van der Waals surface area contributed by atoms with E-state index in [2.05, 4.69) is 4.98 Å². The maximum atomic E-state index is 13.0. The van der Waals surface area contributed by atoms with Crippen molar-refractivity contribution in [1.29, 1.82) is 0 Å². The summed E-state index contributed by atoms with van der Waals surface area (Å²) in [6.07, 6.45) is -0.219. The Hall–Kier alpha value is -2.76. The number of hydrogen-bond donors (Lipinski definition) is 1. The van der Waals surface area contributed by atoms with Crippen LogP contribution < -0.4 is 4.74 Å². The maximum Gasteiger partial charge on any atom is 0.340 e. The fourth-order valence-electron chi connectivity index (χ4n) is 3.00. The first kappa shape index (κ1) is 20.6. The van der Waals surface area contributed by atoms with Crippen molar-refractivity contribution in [2.45, 2.75) is 46.8 Å². The molecule has 146 valence electrons. The minimum Gasteiger partial charge on any atom is -0.497 e. The topological polar surface area (TPSA) is 71.6 Å². The van der Waals surface area contributed by atoms with Crippen molar-refractivity contribution in [3.05, 3.63) is 52.3 Å². The molecule has 1 aromatic carbocycles. The van der Waals surface area contributed by atoms with Crippen molar-refractivity contribution in [2.75, 3.05) is 14.2 Å². The third kappa shape index (κ3) is 4.32. The average Bonchev–Trinajstić information content (AvgIpc) is 2.93. The molecule has 0 radical (unpaired) electrons. The molecular formula is C21H28N2O4. The lowest BCUT2D eigenvalue weighted by Gasteiger charge is -2.25. The summed E-state index contributed by atoms with van der Waals surface area (Å²) in [6.45, 7) is 9.09. The Balaban J connectivity index is 2.27. The number of rotatable bonds is 6. The number of aryl methyl sites for hydroxylation is 1. The van der Waals surface area contributed by atoms with E-state index >= 15 is 0 Å². The minimum atomic E-state index is -0.416. The molecule has 27 heavy (non-hydrogen) atoms. The van der Waals surface area contributed by atoms with Crippen LogP contribution in [0.15, 0.2) is 24.3 Å². The van der Waals surface area contributed by atoms with Crippen LogP contribution in [0.25, 0.3) is 0 Å². The third-order valence-electron chi connectivity index (χ3n) is 4.70. The lowest BCUT2D eigenvalue weighted by Crippen LogP contribution is -2.30. The van der Waals surface area contributed by atoms with Crippen LogP contribution in [0.1, 0.15) is 64.5 Å². The number of amides is 1. The van der Waals surface area contributed by atoms with E-state index in [1.54, 1.807) is 46.8 Å². The number of aromatic amines is 1. The van der Waals surface area contributed by atoms with E-state index in [1.165, 1.54) is 0 Å². The van der Waals surface area contributed by atoms with Gasteiger partial charge in [-0.05, 0) is 57.9 Å². The molecule has 0 aliphatic rings. The number of benzene rings is 1. The molecule has 0 fully saturated rings. The van der Waals surface area contributed by atoms with Crippen LogP contribution in [-0.2, 0) is 4.74 Å². The minimum absolute atomic E-state index is 0.141. The number of esters is 1. The number of H-pyrrole nitrogens is 1. The molecule has 0 aliphatic carbocycles. The van der Waals surface area contributed by atoms with E-state index in [-0.39, 0.29) is 18.1 Å². The molecule has 1 unspecified atom stereocenters. The van der Waals surface area contributed by atoms with Crippen LogP contribution in [0.4, 0.5) is 0 Å². The monoisotopic (exact) mass is 372 g/mol. The summed E-state index contributed by atoms with van der Waals surface area (Å²) in [7, 11) is 3.37. The zero-order chi connectivity index (χ0) is 20.3. The Kier molecular flexibility index (Phi) is 6.31. The predicted octanol–water partition coefficient (Wildman–Crippen LogP) is 4.04. The SMILES string of the molecule is COc1ccc(C(C)N(C)C(=O)c2[nH]c(C)c(C(=O)OC(C)C)c2C)cc1. The van der Waals surface area contributed by atoms with Gasteiger partial charge >= 0.3 is 5.97 Å². The molecule has 1 N–H and O–H groups in total. The van der Waals surface area contributed by atoms with Crippen molar-refractivity contribution in [1.82, 2.24) is 9.88 Å². The molecule has 0 bridgehead atoms. The molecule has 0 saturated heterocycles. The van der Waals surface area contributed by atoms with Gasteiger partial charge < -0.3 is 19.4 Å². The first-order valence-electron chi connectivity index (χ1n) is 8.98. The van der Waals surface area contributed by atoms with Gasteiger partial charge in [0.05, 0.1) is 24.8 Å². The second-order valence-electron chi connectivity index (χ2n) is 6.94. The van der Waals surface area contributed by atoms with Crippen molar-refractivity contribution >= 4 is 11.9 Å². The van der Waals surface area contributed by atoms with E-state index < -0.39 is 5.97 Å². The third-order valence-corrected chi connectivity index (χ3v) is 4.70. The molecule has 0 aliphatic heterocycles. The molecule has 6 heteroatoms. The van der Waals surface area contributed by atoms with Gasteiger partial charge in [-0.1, -0.05) is 12.1 Å². The Morgan fingerprint density at radius 1 is 1.07 bits per heavy atom. The van der Waals surface area contributed by atoms with Crippen LogP contribution in [0.5, 0.6) is 5.75 Å².